The first-order valence-electron chi connectivity index (χ1n) is 13.8. The summed E-state index contributed by atoms with van der Waals surface area (Å²) in [5, 5.41) is 11.6. The second-order valence-electron chi connectivity index (χ2n) is 9.38. The van der Waals surface area contributed by atoms with Gasteiger partial charge in [-0.15, -0.1) is 11.8 Å². The molecule has 0 saturated carbocycles. The second-order valence-corrected chi connectivity index (χ2v) is 10.4. The quantitative estimate of drug-likeness (QED) is 0.123. The fourth-order valence-corrected chi connectivity index (χ4v) is 4.07. The van der Waals surface area contributed by atoms with Crippen LogP contribution in [0, 0.1) is 17.2 Å². The first-order valence-corrected chi connectivity index (χ1v) is 14.9. The van der Waals surface area contributed by atoms with Crippen molar-refractivity contribution in [1.29, 1.82) is 5.26 Å². The van der Waals surface area contributed by atoms with Crippen molar-refractivity contribution in [3.05, 3.63) is 57.8 Å². The van der Waals surface area contributed by atoms with Crippen LogP contribution in [-0.2, 0) is 0 Å². The molecule has 1 aromatic carbocycles. The number of allylic oxidation sites excluding steroid dienone is 3. The molecule has 202 valence electrons. The fraction of sp³-hybridized carbons (Fsp3) is 0.531. The lowest BCUT2D eigenvalue weighted by Crippen LogP contribution is -2.08. The van der Waals surface area contributed by atoms with E-state index in [-0.39, 0.29) is 0 Å². The number of hydrogen-bond acceptors (Lipinski definition) is 5. The van der Waals surface area contributed by atoms with E-state index in [2.05, 4.69) is 67.5 Å². The SMILES string of the molecule is C\C=C(/C=N/C(=C(/C)CC)c1ccc(C#N)cc1O/C(=C/SCCC)N=C(C)C(C)CC)CCCCC. The molecule has 0 aliphatic carbocycles. The molecule has 0 saturated heterocycles. The maximum atomic E-state index is 9.61. The van der Waals surface area contributed by atoms with E-state index in [0.29, 0.717) is 23.1 Å². The van der Waals surface area contributed by atoms with Crippen LogP contribution in [-0.4, -0.2) is 17.7 Å². The van der Waals surface area contributed by atoms with Crippen molar-refractivity contribution < 1.29 is 4.74 Å². The zero-order valence-corrected chi connectivity index (χ0v) is 25.2. The number of nitriles is 1. The summed E-state index contributed by atoms with van der Waals surface area (Å²) < 4.78 is 6.47. The van der Waals surface area contributed by atoms with Crippen LogP contribution >= 0.6 is 11.8 Å². The van der Waals surface area contributed by atoms with Crippen LogP contribution < -0.4 is 4.74 Å². The minimum Gasteiger partial charge on any atom is -0.438 e. The lowest BCUT2D eigenvalue weighted by atomic mass is 10.0. The highest BCUT2D eigenvalue weighted by Gasteiger charge is 2.15. The summed E-state index contributed by atoms with van der Waals surface area (Å²) in [7, 11) is 0. The molecule has 5 heteroatoms. The number of benzene rings is 1. The highest BCUT2D eigenvalue weighted by Crippen LogP contribution is 2.33. The van der Waals surface area contributed by atoms with Crippen molar-refractivity contribution >= 4 is 29.4 Å². The third-order valence-corrected chi connectivity index (χ3v) is 7.44. The van der Waals surface area contributed by atoms with Gasteiger partial charge in [0.05, 0.1) is 17.3 Å². The number of aliphatic imine (C=N–C) groups is 2. The molecule has 37 heavy (non-hydrogen) atoms. The predicted molar refractivity (Wildman–Crippen MR) is 164 cm³/mol. The van der Waals surface area contributed by atoms with Gasteiger partial charge in [0.2, 0.25) is 5.88 Å². The minimum atomic E-state index is 0.363. The van der Waals surface area contributed by atoms with Crippen LogP contribution in [0.15, 0.2) is 56.7 Å². The van der Waals surface area contributed by atoms with Crippen molar-refractivity contribution in [2.24, 2.45) is 15.9 Å². The maximum absolute atomic E-state index is 9.61. The molecule has 0 aliphatic rings. The molecule has 1 unspecified atom stereocenters. The van der Waals surface area contributed by atoms with Gasteiger partial charge in [0.15, 0.2) is 0 Å². The van der Waals surface area contributed by atoms with Gasteiger partial charge in [0, 0.05) is 22.9 Å². The molecule has 0 spiro atoms. The number of nitrogens with zero attached hydrogens (tertiary/aromatic N) is 3. The van der Waals surface area contributed by atoms with Gasteiger partial charge >= 0.3 is 0 Å². The Kier molecular flexibility index (Phi) is 16.3. The first kappa shape index (κ1) is 32.4. The molecular weight excluding hydrogens is 474 g/mol. The Balaban J connectivity index is 3.57. The lowest BCUT2D eigenvalue weighted by molar-refractivity contribution is 0.420. The van der Waals surface area contributed by atoms with Crippen LogP contribution in [0.5, 0.6) is 5.75 Å². The third kappa shape index (κ3) is 11.6. The predicted octanol–water partition coefficient (Wildman–Crippen LogP) is 10.1. The Hall–Kier alpha value is -2.58. The second kappa shape index (κ2) is 18.6. The van der Waals surface area contributed by atoms with E-state index >= 15 is 0 Å². The maximum Gasteiger partial charge on any atom is 0.225 e. The largest absolute Gasteiger partial charge is 0.438 e. The molecule has 4 nitrogen and oxygen atoms in total. The van der Waals surface area contributed by atoms with Crippen molar-refractivity contribution in [1.82, 2.24) is 0 Å². The average molecular weight is 522 g/mol. The molecule has 0 fully saturated rings. The summed E-state index contributed by atoms with van der Waals surface area (Å²) in [6.45, 7) is 17.1. The van der Waals surface area contributed by atoms with Crippen molar-refractivity contribution in [3.8, 4) is 11.8 Å². The molecule has 0 radical (unpaired) electrons. The molecule has 1 aromatic rings. The Labute approximate surface area is 230 Å². The number of ether oxygens (including phenoxy) is 1. The van der Waals surface area contributed by atoms with Gasteiger partial charge in [0.25, 0.3) is 0 Å². The van der Waals surface area contributed by atoms with Gasteiger partial charge < -0.3 is 4.74 Å². The molecule has 1 atom stereocenters. The number of unbranched alkanes of at least 4 members (excludes halogenated alkanes) is 2. The fourth-order valence-electron chi connectivity index (χ4n) is 3.47. The topological polar surface area (TPSA) is 57.7 Å². The number of hydrogen-bond donors (Lipinski definition) is 0. The summed E-state index contributed by atoms with van der Waals surface area (Å²) >= 11 is 1.70. The van der Waals surface area contributed by atoms with Crippen molar-refractivity contribution in [3.63, 3.8) is 0 Å². The van der Waals surface area contributed by atoms with Crippen molar-refractivity contribution in [2.75, 3.05) is 5.75 Å². The summed E-state index contributed by atoms with van der Waals surface area (Å²) in [6, 6.07) is 7.85. The number of thioether (sulfide) groups is 1. The zero-order valence-electron chi connectivity index (χ0n) is 24.4. The number of rotatable bonds is 16. The van der Waals surface area contributed by atoms with Gasteiger partial charge in [-0.2, -0.15) is 5.26 Å². The van der Waals surface area contributed by atoms with Gasteiger partial charge in [0.1, 0.15) is 5.75 Å². The van der Waals surface area contributed by atoms with E-state index in [1.165, 1.54) is 24.0 Å². The van der Waals surface area contributed by atoms with Crippen LogP contribution in [0.25, 0.3) is 5.70 Å². The molecule has 1 rings (SSSR count). The van der Waals surface area contributed by atoms with E-state index < -0.39 is 0 Å². The highest BCUT2D eigenvalue weighted by molar-refractivity contribution is 8.02. The smallest absolute Gasteiger partial charge is 0.225 e. The third-order valence-electron chi connectivity index (χ3n) is 6.43. The van der Waals surface area contributed by atoms with E-state index in [9.17, 15) is 5.26 Å². The van der Waals surface area contributed by atoms with Crippen LogP contribution in [0.1, 0.15) is 111 Å². The zero-order chi connectivity index (χ0) is 27.6. The van der Waals surface area contributed by atoms with Crippen molar-refractivity contribution in [2.45, 2.75) is 100 Å². The first-order chi connectivity index (χ1) is 17.8. The monoisotopic (exact) mass is 521 g/mol. The molecule has 0 aromatic heterocycles. The van der Waals surface area contributed by atoms with E-state index in [1.54, 1.807) is 17.8 Å². The molecule has 0 bridgehead atoms. The van der Waals surface area contributed by atoms with Gasteiger partial charge in [-0.1, -0.05) is 53.5 Å². The van der Waals surface area contributed by atoms with Gasteiger partial charge in [-0.3, -0.25) is 4.99 Å². The van der Waals surface area contributed by atoms with Crippen LogP contribution in [0.4, 0.5) is 0 Å². The lowest BCUT2D eigenvalue weighted by Gasteiger charge is -2.16. The van der Waals surface area contributed by atoms with Crippen LogP contribution in [0.3, 0.4) is 0 Å². The minimum absolute atomic E-state index is 0.363. The Morgan fingerprint density at radius 2 is 1.89 bits per heavy atom. The summed E-state index contributed by atoms with van der Waals surface area (Å²) in [4.78, 5) is 9.83. The summed E-state index contributed by atoms with van der Waals surface area (Å²) in [6.07, 6.45) is 11.7. The summed E-state index contributed by atoms with van der Waals surface area (Å²) in [5.74, 6) is 2.52. The highest BCUT2D eigenvalue weighted by atomic mass is 32.2. The van der Waals surface area contributed by atoms with E-state index in [0.717, 1.165) is 54.8 Å². The Morgan fingerprint density at radius 1 is 1.14 bits per heavy atom. The van der Waals surface area contributed by atoms with Crippen LogP contribution in [0.2, 0.25) is 0 Å². The average Bonchev–Trinajstić information content (AvgIpc) is 2.91. The van der Waals surface area contributed by atoms with Gasteiger partial charge in [-0.05, 0) is 93.9 Å². The normalized spacial score (nSPS) is 14.5. The molecule has 0 N–H and O–H groups in total. The molecule has 0 heterocycles. The standard InChI is InChI=1S/C32H47N3OS/c1-9-14-15-16-27(13-5)22-34-32(25(7)12-4)29-18-17-28(21-33)20-30(29)36-31(23-37-19-10-2)35-26(8)24(6)11-3/h13,17-18,20,22-24H,9-12,14-16,19H2,1-8H3/b27-13-,31-23+,32-25-,34-22+,35-26?. The van der Waals surface area contributed by atoms with Gasteiger partial charge in [-0.25, -0.2) is 4.99 Å². The summed E-state index contributed by atoms with van der Waals surface area (Å²) in [5.41, 5.74) is 5.75. The molecular formula is C32H47N3OS. The molecule has 0 amide bonds. The van der Waals surface area contributed by atoms with E-state index in [4.69, 9.17) is 14.7 Å². The Bertz CT molecular complexity index is 1040. The Morgan fingerprint density at radius 3 is 2.49 bits per heavy atom. The van der Waals surface area contributed by atoms with E-state index in [1.807, 2.05) is 23.8 Å². The molecule has 0 aliphatic heterocycles.